The Morgan fingerprint density at radius 2 is 1.69 bits per heavy atom. The molecule has 0 saturated heterocycles. The van der Waals surface area contributed by atoms with Crippen LogP contribution in [0.25, 0.3) is 0 Å². The first kappa shape index (κ1) is 12.7. The molecule has 0 saturated carbocycles. The summed E-state index contributed by atoms with van der Waals surface area (Å²) < 4.78 is 59.3. The minimum atomic E-state index is -5.63. The third-order valence-corrected chi connectivity index (χ3v) is 1.89. The average molecular weight is 217 g/mol. The Bertz CT molecular complexity index is 265. The highest BCUT2D eigenvalue weighted by Gasteiger charge is 2.39. The maximum atomic E-state index is 12.4. The highest BCUT2D eigenvalue weighted by Crippen LogP contribution is 2.22. The molecule has 0 bridgehead atoms. The molecule has 0 aliphatic rings. The van der Waals surface area contributed by atoms with Crippen molar-refractivity contribution in [3.63, 3.8) is 0 Å². The van der Waals surface area contributed by atoms with E-state index < -0.39 is 27.6 Å². The second-order valence-corrected chi connectivity index (χ2v) is 5.00. The Labute approximate surface area is 75.6 Å². The van der Waals surface area contributed by atoms with Crippen LogP contribution in [0.15, 0.2) is 0 Å². The van der Waals surface area contributed by atoms with Crippen LogP contribution in [0, 0.1) is 0 Å². The van der Waals surface area contributed by atoms with Gasteiger partial charge in [-0.05, 0) is 20.8 Å². The Balaban J connectivity index is 4.38. The van der Waals surface area contributed by atoms with Crippen molar-refractivity contribution >= 4 is 10.1 Å². The second kappa shape index (κ2) is 3.47. The molecule has 0 aliphatic heterocycles. The minimum Gasteiger partial charge on any atom is -0.743 e. The number of halogens is 2. The lowest BCUT2D eigenvalue weighted by atomic mass is 10.2. The van der Waals surface area contributed by atoms with Crippen molar-refractivity contribution in [3.8, 4) is 0 Å². The van der Waals surface area contributed by atoms with Gasteiger partial charge in [0, 0.05) is 0 Å². The van der Waals surface area contributed by atoms with Crippen LogP contribution in [0.5, 0.6) is 0 Å². The van der Waals surface area contributed by atoms with Crippen LogP contribution in [0.2, 0.25) is 0 Å². The van der Waals surface area contributed by atoms with E-state index in [0.717, 1.165) is 0 Å². The number of alkyl halides is 2. The van der Waals surface area contributed by atoms with Crippen LogP contribution in [0.1, 0.15) is 20.8 Å². The lowest BCUT2D eigenvalue weighted by molar-refractivity contribution is -0.0824. The third kappa shape index (κ3) is 4.49. The van der Waals surface area contributed by atoms with E-state index in [9.17, 15) is 21.8 Å². The molecule has 0 spiro atoms. The fourth-order valence-corrected chi connectivity index (χ4v) is 0.576. The molecule has 0 amide bonds. The number of ether oxygens (including phenoxy) is 1. The zero-order chi connectivity index (χ0) is 10.9. The monoisotopic (exact) mass is 217 g/mol. The maximum Gasteiger partial charge on any atom is 0.357 e. The van der Waals surface area contributed by atoms with Gasteiger partial charge in [-0.3, -0.25) is 0 Å². The van der Waals surface area contributed by atoms with Gasteiger partial charge in [-0.25, -0.2) is 8.42 Å². The van der Waals surface area contributed by atoms with Crippen molar-refractivity contribution in [2.45, 2.75) is 31.6 Å². The van der Waals surface area contributed by atoms with Crippen molar-refractivity contribution in [2.24, 2.45) is 0 Å². The summed E-state index contributed by atoms with van der Waals surface area (Å²) in [5.74, 6) is 0. The van der Waals surface area contributed by atoms with Crippen LogP contribution in [0.3, 0.4) is 0 Å². The van der Waals surface area contributed by atoms with Crippen molar-refractivity contribution in [1.29, 1.82) is 0 Å². The van der Waals surface area contributed by atoms with Gasteiger partial charge in [0.15, 0.2) is 10.1 Å². The molecule has 0 aliphatic carbocycles. The predicted octanol–water partition coefficient (Wildman–Crippen LogP) is 0.940. The van der Waals surface area contributed by atoms with Crippen LogP contribution in [0.4, 0.5) is 8.78 Å². The van der Waals surface area contributed by atoms with Gasteiger partial charge < -0.3 is 9.29 Å². The molecule has 0 aromatic rings. The van der Waals surface area contributed by atoms with Crippen LogP contribution in [-0.4, -0.2) is 30.4 Å². The van der Waals surface area contributed by atoms with Gasteiger partial charge in [-0.15, -0.1) is 0 Å². The van der Waals surface area contributed by atoms with E-state index in [1.165, 1.54) is 20.8 Å². The molecule has 7 heteroatoms. The zero-order valence-corrected chi connectivity index (χ0v) is 8.32. The van der Waals surface area contributed by atoms with E-state index in [1.807, 2.05) is 0 Å². The maximum absolute atomic E-state index is 12.4. The highest BCUT2D eigenvalue weighted by molar-refractivity contribution is 7.86. The zero-order valence-electron chi connectivity index (χ0n) is 7.50. The van der Waals surface area contributed by atoms with E-state index in [1.54, 1.807) is 0 Å². The Morgan fingerprint density at radius 1 is 1.31 bits per heavy atom. The minimum absolute atomic E-state index is 0.909. The Hall–Kier alpha value is -0.270. The molecule has 13 heavy (non-hydrogen) atoms. The van der Waals surface area contributed by atoms with Crippen molar-refractivity contribution in [2.75, 3.05) is 6.61 Å². The van der Waals surface area contributed by atoms with Gasteiger partial charge in [0.05, 0.1) is 5.60 Å². The summed E-state index contributed by atoms with van der Waals surface area (Å²) in [7, 11) is -5.63. The second-order valence-electron chi connectivity index (χ2n) is 3.49. The fourth-order valence-electron chi connectivity index (χ4n) is 0.373. The molecule has 0 aromatic carbocycles. The first-order chi connectivity index (χ1) is 5.46. The average Bonchev–Trinajstić information content (AvgIpc) is 1.79. The first-order valence-corrected chi connectivity index (χ1v) is 4.84. The number of hydrogen-bond donors (Lipinski definition) is 0. The normalized spacial score (nSPS) is 14.6. The molecular formula is C6H11F2O4S-. The van der Waals surface area contributed by atoms with Crippen LogP contribution in [-0.2, 0) is 14.9 Å². The summed E-state index contributed by atoms with van der Waals surface area (Å²) in [6, 6.07) is 0. The van der Waals surface area contributed by atoms with Crippen molar-refractivity contribution < 1.29 is 26.5 Å². The van der Waals surface area contributed by atoms with Crippen LogP contribution >= 0.6 is 0 Å². The summed E-state index contributed by atoms with van der Waals surface area (Å²) in [5.41, 5.74) is -0.909. The lowest BCUT2D eigenvalue weighted by Gasteiger charge is -2.25. The summed E-state index contributed by atoms with van der Waals surface area (Å²) in [4.78, 5) is 0. The van der Waals surface area contributed by atoms with E-state index in [4.69, 9.17) is 0 Å². The summed E-state index contributed by atoms with van der Waals surface area (Å²) in [6.07, 6.45) is 0. The molecule has 0 fully saturated rings. The third-order valence-electron chi connectivity index (χ3n) is 1.04. The number of hydrogen-bond acceptors (Lipinski definition) is 4. The molecule has 0 heterocycles. The van der Waals surface area contributed by atoms with E-state index in [-0.39, 0.29) is 0 Å². The predicted molar refractivity (Wildman–Crippen MR) is 40.3 cm³/mol. The largest absolute Gasteiger partial charge is 0.743 e. The molecule has 0 unspecified atom stereocenters. The highest BCUT2D eigenvalue weighted by atomic mass is 32.2. The van der Waals surface area contributed by atoms with Gasteiger partial charge in [0.25, 0.3) is 0 Å². The lowest BCUT2D eigenvalue weighted by Crippen LogP contribution is -2.37. The smallest absolute Gasteiger partial charge is 0.357 e. The molecular weight excluding hydrogens is 206 g/mol. The summed E-state index contributed by atoms with van der Waals surface area (Å²) in [6.45, 7) is 3.00. The first-order valence-electron chi connectivity index (χ1n) is 3.43. The fraction of sp³-hybridized carbons (Fsp3) is 1.00. The van der Waals surface area contributed by atoms with Crippen molar-refractivity contribution in [3.05, 3.63) is 0 Å². The molecule has 0 aromatic heterocycles. The van der Waals surface area contributed by atoms with Gasteiger partial charge in [0.2, 0.25) is 0 Å². The summed E-state index contributed by atoms with van der Waals surface area (Å²) in [5, 5.41) is -4.36. The van der Waals surface area contributed by atoms with Gasteiger partial charge in [-0.2, -0.15) is 8.78 Å². The summed E-state index contributed by atoms with van der Waals surface area (Å²) >= 11 is 0. The van der Waals surface area contributed by atoms with Gasteiger partial charge in [-0.1, -0.05) is 0 Å². The van der Waals surface area contributed by atoms with E-state index in [0.29, 0.717) is 0 Å². The van der Waals surface area contributed by atoms with Gasteiger partial charge >= 0.3 is 5.25 Å². The molecule has 80 valence electrons. The standard InChI is InChI=1S/C6H12F2O4S/c1-5(2,3)12-4-6(7,8)13(9,10)11/h4H2,1-3H3,(H,9,10,11)/p-1. The van der Waals surface area contributed by atoms with Crippen LogP contribution < -0.4 is 0 Å². The van der Waals surface area contributed by atoms with Crippen molar-refractivity contribution in [1.82, 2.24) is 0 Å². The Morgan fingerprint density at radius 3 is 1.92 bits per heavy atom. The SMILES string of the molecule is CC(C)(C)OCC(F)(F)S(=O)(=O)[O-]. The molecule has 0 rings (SSSR count). The van der Waals surface area contributed by atoms with E-state index in [2.05, 4.69) is 4.74 Å². The molecule has 0 atom stereocenters. The quantitative estimate of drug-likeness (QED) is 0.660. The van der Waals surface area contributed by atoms with E-state index >= 15 is 0 Å². The Kier molecular flexibility index (Phi) is 3.40. The van der Waals surface area contributed by atoms with Gasteiger partial charge in [0.1, 0.15) is 6.61 Å². The molecule has 0 N–H and O–H groups in total. The number of rotatable bonds is 3. The topological polar surface area (TPSA) is 66.4 Å². The molecule has 0 radical (unpaired) electrons. The molecule has 4 nitrogen and oxygen atoms in total.